The molecule has 0 aliphatic carbocycles. The van der Waals surface area contributed by atoms with Crippen molar-refractivity contribution in [3.63, 3.8) is 0 Å². The molecule has 0 saturated carbocycles. The first-order chi connectivity index (χ1) is 9.49. The van der Waals surface area contributed by atoms with E-state index < -0.39 is 11.4 Å². The quantitative estimate of drug-likeness (QED) is 0.649. The average Bonchev–Trinajstić information content (AvgIpc) is 2.39. The van der Waals surface area contributed by atoms with Crippen LogP contribution in [0.25, 0.3) is 11.1 Å². The summed E-state index contributed by atoms with van der Waals surface area (Å²) < 4.78 is 1.83. The van der Waals surface area contributed by atoms with Crippen molar-refractivity contribution in [1.29, 1.82) is 0 Å². The SMILES string of the molecule is CCn1c(C)c(C(=O)[O-])c(=O)c(-c2ccccc2)c1C.[Na+]. The molecule has 0 aliphatic heterocycles. The van der Waals surface area contributed by atoms with E-state index in [1.54, 1.807) is 19.1 Å². The number of carboxylic acids is 1. The monoisotopic (exact) mass is 293 g/mol. The maximum Gasteiger partial charge on any atom is 1.00 e. The van der Waals surface area contributed by atoms with Gasteiger partial charge in [-0.3, -0.25) is 4.79 Å². The first kappa shape index (κ1) is 17.7. The van der Waals surface area contributed by atoms with E-state index in [0.717, 1.165) is 11.3 Å². The van der Waals surface area contributed by atoms with E-state index in [1.165, 1.54) is 0 Å². The minimum absolute atomic E-state index is 0. The second kappa shape index (κ2) is 7.07. The second-order valence-corrected chi connectivity index (χ2v) is 4.65. The molecule has 0 radical (unpaired) electrons. The largest absolute Gasteiger partial charge is 1.00 e. The van der Waals surface area contributed by atoms with Gasteiger partial charge in [-0.1, -0.05) is 30.3 Å². The Hall–Kier alpha value is -1.36. The van der Waals surface area contributed by atoms with Gasteiger partial charge < -0.3 is 14.5 Å². The topological polar surface area (TPSA) is 62.1 Å². The summed E-state index contributed by atoms with van der Waals surface area (Å²) in [7, 11) is 0. The number of hydrogen-bond acceptors (Lipinski definition) is 3. The Balaban J connectivity index is 0.00000220. The van der Waals surface area contributed by atoms with Crippen molar-refractivity contribution in [2.75, 3.05) is 0 Å². The molecule has 2 rings (SSSR count). The van der Waals surface area contributed by atoms with E-state index in [0.29, 0.717) is 17.8 Å². The Morgan fingerprint density at radius 3 is 2.19 bits per heavy atom. The van der Waals surface area contributed by atoms with Crippen LogP contribution >= 0.6 is 0 Å². The third kappa shape index (κ3) is 3.12. The maximum absolute atomic E-state index is 12.5. The van der Waals surface area contributed by atoms with Crippen LogP contribution in [0.2, 0.25) is 0 Å². The van der Waals surface area contributed by atoms with Crippen LogP contribution in [-0.2, 0) is 6.54 Å². The van der Waals surface area contributed by atoms with Gasteiger partial charge in [0.25, 0.3) is 0 Å². The van der Waals surface area contributed by atoms with E-state index in [9.17, 15) is 14.7 Å². The Morgan fingerprint density at radius 2 is 1.71 bits per heavy atom. The predicted molar refractivity (Wildman–Crippen MR) is 75.6 cm³/mol. The molecule has 0 unspecified atom stereocenters. The summed E-state index contributed by atoms with van der Waals surface area (Å²) in [5, 5.41) is 11.3. The standard InChI is InChI=1S/C16H17NO3.Na/c1-4-17-10(2)13(12-8-6-5-7-9-12)15(18)14(11(17)3)16(19)20;/h5-9H,4H2,1-3H3,(H,19,20);/q;+1/p-1. The van der Waals surface area contributed by atoms with Gasteiger partial charge >= 0.3 is 29.6 Å². The third-order valence-corrected chi connectivity index (χ3v) is 3.57. The molecule has 0 amide bonds. The smallest absolute Gasteiger partial charge is 0.545 e. The van der Waals surface area contributed by atoms with Crippen LogP contribution in [0.15, 0.2) is 35.1 Å². The van der Waals surface area contributed by atoms with E-state index >= 15 is 0 Å². The number of nitrogens with zero attached hydrogens (tertiary/aromatic N) is 1. The molecule has 1 heterocycles. The summed E-state index contributed by atoms with van der Waals surface area (Å²) in [4.78, 5) is 23.8. The molecule has 0 spiro atoms. The fraction of sp³-hybridized carbons (Fsp3) is 0.250. The van der Waals surface area contributed by atoms with Crippen molar-refractivity contribution in [3.05, 3.63) is 57.5 Å². The number of aromatic carboxylic acids is 1. The van der Waals surface area contributed by atoms with Crippen molar-refractivity contribution >= 4 is 5.97 Å². The van der Waals surface area contributed by atoms with Crippen molar-refractivity contribution in [2.24, 2.45) is 0 Å². The van der Waals surface area contributed by atoms with Gasteiger partial charge in [-0.15, -0.1) is 0 Å². The Kier molecular flexibility index (Phi) is 5.96. The first-order valence-electron chi connectivity index (χ1n) is 6.49. The summed E-state index contributed by atoms with van der Waals surface area (Å²) in [6, 6.07) is 9.10. The summed E-state index contributed by atoms with van der Waals surface area (Å²) in [6.07, 6.45) is 0. The molecular weight excluding hydrogens is 277 g/mol. The molecule has 4 nitrogen and oxygen atoms in total. The van der Waals surface area contributed by atoms with Crippen molar-refractivity contribution in [1.82, 2.24) is 4.57 Å². The molecule has 0 atom stereocenters. The molecule has 1 aromatic heterocycles. The molecular formula is C16H16NNaO3. The third-order valence-electron chi connectivity index (χ3n) is 3.57. The minimum atomic E-state index is -1.42. The maximum atomic E-state index is 12.5. The predicted octanol–water partition coefficient (Wildman–Crippen LogP) is -1.48. The number of pyridine rings is 1. The fourth-order valence-electron chi connectivity index (χ4n) is 2.63. The Labute approximate surface area is 145 Å². The molecule has 2 aromatic rings. The average molecular weight is 293 g/mol. The molecule has 1 aromatic carbocycles. The van der Waals surface area contributed by atoms with Gasteiger partial charge in [0.2, 0.25) is 0 Å². The van der Waals surface area contributed by atoms with Gasteiger partial charge in [0.05, 0.1) is 11.5 Å². The number of rotatable bonds is 3. The normalized spacial score (nSPS) is 10.0. The number of hydrogen-bond donors (Lipinski definition) is 0. The number of aromatic nitrogens is 1. The molecule has 0 fully saturated rings. The van der Waals surface area contributed by atoms with Gasteiger partial charge in [0.1, 0.15) is 0 Å². The van der Waals surface area contributed by atoms with Gasteiger partial charge in [-0.2, -0.15) is 0 Å². The van der Waals surface area contributed by atoms with Crippen LogP contribution in [0.5, 0.6) is 0 Å². The van der Waals surface area contributed by atoms with Crippen LogP contribution in [0.1, 0.15) is 28.7 Å². The Bertz CT molecular complexity index is 721. The van der Waals surface area contributed by atoms with Gasteiger partial charge in [0.15, 0.2) is 5.43 Å². The molecule has 0 bridgehead atoms. The van der Waals surface area contributed by atoms with Crippen molar-refractivity contribution in [3.8, 4) is 11.1 Å². The van der Waals surface area contributed by atoms with E-state index in [1.807, 2.05) is 36.6 Å². The summed E-state index contributed by atoms with van der Waals surface area (Å²) >= 11 is 0. The molecule has 5 heteroatoms. The second-order valence-electron chi connectivity index (χ2n) is 4.65. The zero-order chi connectivity index (χ0) is 14.9. The number of carbonyl (C=O) groups is 1. The fourth-order valence-corrected chi connectivity index (χ4v) is 2.63. The van der Waals surface area contributed by atoms with E-state index in [4.69, 9.17) is 0 Å². The number of carbonyl (C=O) groups excluding carboxylic acids is 1. The molecule has 21 heavy (non-hydrogen) atoms. The number of benzene rings is 1. The van der Waals surface area contributed by atoms with Crippen molar-refractivity contribution < 1.29 is 39.5 Å². The zero-order valence-electron chi connectivity index (χ0n) is 12.8. The number of carboxylic acid groups (broad SMARTS) is 1. The summed E-state index contributed by atoms with van der Waals surface area (Å²) in [6.45, 7) is 5.98. The van der Waals surface area contributed by atoms with Crippen LogP contribution in [0.4, 0.5) is 0 Å². The van der Waals surface area contributed by atoms with Crippen LogP contribution in [-0.4, -0.2) is 10.5 Å². The van der Waals surface area contributed by atoms with Crippen molar-refractivity contribution in [2.45, 2.75) is 27.3 Å². The summed E-state index contributed by atoms with van der Waals surface area (Å²) in [5.41, 5.74) is 1.63. The van der Waals surface area contributed by atoms with Gasteiger partial charge in [-0.05, 0) is 26.3 Å². The minimum Gasteiger partial charge on any atom is -0.545 e. The molecule has 104 valence electrons. The van der Waals surface area contributed by atoms with Crippen LogP contribution in [0, 0.1) is 13.8 Å². The molecule has 0 aliphatic rings. The van der Waals surface area contributed by atoms with E-state index in [-0.39, 0.29) is 35.1 Å². The Morgan fingerprint density at radius 1 is 1.14 bits per heavy atom. The molecule has 0 N–H and O–H groups in total. The summed E-state index contributed by atoms with van der Waals surface area (Å²) in [5.74, 6) is -1.42. The van der Waals surface area contributed by atoms with Gasteiger partial charge in [0, 0.05) is 23.5 Å². The first-order valence-corrected chi connectivity index (χ1v) is 6.49. The molecule has 0 saturated heterocycles. The van der Waals surface area contributed by atoms with E-state index in [2.05, 4.69) is 0 Å². The van der Waals surface area contributed by atoms with Crippen LogP contribution < -0.4 is 40.1 Å². The zero-order valence-corrected chi connectivity index (χ0v) is 14.8. The van der Waals surface area contributed by atoms with Gasteiger partial charge in [-0.25, -0.2) is 0 Å². The van der Waals surface area contributed by atoms with Crippen LogP contribution in [0.3, 0.4) is 0 Å².